The Morgan fingerprint density at radius 2 is 2.07 bits per heavy atom. The molecule has 0 aromatic rings. The first-order valence-electron chi connectivity index (χ1n) is 5.86. The first-order valence-corrected chi connectivity index (χ1v) is 5.86. The molecular formula is C11H19NO2. The lowest BCUT2D eigenvalue weighted by Gasteiger charge is -2.27. The lowest BCUT2D eigenvalue weighted by Crippen LogP contribution is -2.46. The predicted molar refractivity (Wildman–Crippen MR) is 53.0 cm³/mol. The summed E-state index contributed by atoms with van der Waals surface area (Å²) in [5, 5.41) is 13.2. The lowest BCUT2D eigenvalue weighted by molar-refractivity contribution is 0.120. The van der Waals surface area contributed by atoms with E-state index in [1.807, 2.05) is 0 Å². The second-order valence-electron chi connectivity index (χ2n) is 5.07. The van der Waals surface area contributed by atoms with Crippen LogP contribution in [0, 0.1) is 11.8 Å². The SMILES string of the molecule is O[C@@H]1COC[C@H]1NC1CCC[C@@H]2C[C@H]12. The maximum atomic E-state index is 9.63. The molecule has 0 spiro atoms. The molecule has 14 heavy (non-hydrogen) atoms. The van der Waals surface area contributed by atoms with E-state index < -0.39 is 0 Å². The number of aliphatic hydroxyl groups is 1. The standard InChI is InChI=1S/C11H19NO2/c13-11-6-14-5-10(11)12-9-3-1-2-7-4-8(7)9/h7-13H,1-6H2/t7-,8+,9?,10-,11-/m1/s1. The highest BCUT2D eigenvalue weighted by Gasteiger charge is 2.46. The third kappa shape index (κ3) is 1.58. The van der Waals surface area contributed by atoms with E-state index in [1.54, 1.807) is 0 Å². The third-order valence-corrected chi connectivity index (χ3v) is 4.06. The van der Waals surface area contributed by atoms with E-state index >= 15 is 0 Å². The number of fused-ring (bicyclic) bond motifs is 1. The number of hydrogen-bond acceptors (Lipinski definition) is 3. The zero-order chi connectivity index (χ0) is 9.54. The van der Waals surface area contributed by atoms with Crippen LogP contribution in [0.15, 0.2) is 0 Å². The van der Waals surface area contributed by atoms with E-state index in [2.05, 4.69) is 5.32 Å². The molecule has 0 bridgehead atoms. The van der Waals surface area contributed by atoms with Gasteiger partial charge in [0.15, 0.2) is 0 Å². The van der Waals surface area contributed by atoms with Gasteiger partial charge in [0.25, 0.3) is 0 Å². The van der Waals surface area contributed by atoms with Crippen LogP contribution in [-0.4, -0.2) is 36.5 Å². The fourth-order valence-corrected chi connectivity index (χ4v) is 3.09. The second kappa shape index (κ2) is 3.47. The van der Waals surface area contributed by atoms with Gasteiger partial charge in [0, 0.05) is 6.04 Å². The fraction of sp³-hybridized carbons (Fsp3) is 1.00. The van der Waals surface area contributed by atoms with E-state index in [0.29, 0.717) is 19.3 Å². The van der Waals surface area contributed by atoms with Crippen LogP contribution in [0.3, 0.4) is 0 Å². The Morgan fingerprint density at radius 1 is 1.14 bits per heavy atom. The van der Waals surface area contributed by atoms with Crippen LogP contribution in [0.4, 0.5) is 0 Å². The maximum absolute atomic E-state index is 9.63. The molecular weight excluding hydrogens is 178 g/mol. The van der Waals surface area contributed by atoms with Crippen molar-refractivity contribution < 1.29 is 9.84 Å². The Morgan fingerprint density at radius 3 is 2.86 bits per heavy atom. The molecule has 2 saturated carbocycles. The van der Waals surface area contributed by atoms with Gasteiger partial charge in [-0.05, 0) is 24.7 Å². The monoisotopic (exact) mass is 197 g/mol. The van der Waals surface area contributed by atoms with Gasteiger partial charge in [0.2, 0.25) is 0 Å². The Balaban J connectivity index is 1.56. The molecule has 80 valence electrons. The van der Waals surface area contributed by atoms with Gasteiger partial charge in [-0.3, -0.25) is 0 Å². The fourth-order valence-electron chi connectivity index (χ4n) is 3.09. The molecule has 1 saturated heterocycles. The smallest absolute Gasteiger partial charge is 0.0948 e. The Kier molecular flexibility index (Phi) is 2.26. The molecule has 3 aliphatic rings. The van der Waals surface area contributed by atoms with Crippen LogP contribution in [0.1, 0.15) is 25.7 Å². The molecule has 5 atom stereocenters. The normalized spacial score (nSPS) is 51.6. The largest absolute Gasteiger partial charge is 0.389 e. The molecule has 1 heterocycles. The van der Waals surface area contributed by atoms with Gasteiger partial charge in [-0.25, -0.2) is 0 Å². The average Bonchev–Trinajstić information content (AvgIpc) is 2.87. The maximum Gasteiger partial charge on any atom is 0.0948 e. The molecule has 0 aromatic heterocycles. The summed E-state index contributed by atoms with van der Waals surface area (Å²) in [6.07, 6.45) is 5.23. The van der Waals surface area contributed by atoms with Crippen molar-refractivity contribution in [2.45, 2.75) is 43.9 Å². The summed E-state index contributed by atoms with van der Waals surface area (Å²) in [5.74, 6) is 1.91. The summed E-state index contributed by atoms with van der Waals surface area (Å²) < 4.78 is 5.25. The van der Waals surface area contributed by atoms with Crippen LogP contribution >= 0.6 is 0 Å². The van der Waals surface area contributed by atoms with E-state index in [1.165, 1.54) is 25.7 Å². The van der Waals surface area contributed by atoms with Crippen molar-refractivity contribution in [3.63, 3.8) is 0 Å². The third-order valence-electron chi connectivity index (χ3n) is 4.06. The van der Waals surface area contributed by atoms with Gasteiger partial charge < -0.3 is 15.2 Å². The van der Waals surface area contributed by atoms with E-state index in [9.17, 15) is 5.11 Å². The van der Waals surface area contributed by atoms with E-state index in [-0.39, 0.29) is 12.1 Å². The Labute approximate surface area is 84.8 Å². The molecule has 0 radical (unpaired) electrons. The molecule has 0 aromatic carbocycles. The van der Waals surface area contributed by atoms with Crippen molar-refractivity contribution >= 4 is 0 Å². The number of hydrogen-bond donors (Lipinski definition) is 2. The first kappa shape index (κ1) is 9.13. The van der Waals surface area contributed by atoms with Crippen LogP contribution in [-0.2, 0) is 4.74 Å². The first-order chi connectivity index (χ1) is 6.84. The number of rotatable bonds is 2. The lowest BCUT2D eigenvalue weighted by atomic mass is 9.94. The molecule has 2 aliphatic carbocycles. The number of nitrogens with one attached hydrogen (secondary N) is 1. The molecule has 2 N–H and O–H groups in total. The van der Waals surface area contributed by atoms with E-state index in [4.69, 9.17) is 4.74 Å². The molecule has 3 rings (SSSR count). The summed E-state index contributed by atoms with van der Waals surface area (Å²) >= 11 is 0. The molecule has 1 aliphatic heterocycles. The molecule has 3 fully saturated rings. The highest BCUT2D eigenvalue weighted by atomic mass is 16.5. The minimum atomic E-state index is -0.283. The van der Waals surface area contributed by atoms with Gasteiger partial charge >= 0.3 is 0 Å². The zero-order valence-corrected chi connectivity index (χ0v) is 8.48. The van der Waals surface area contributed by atoms with Crippen LogP contribution in [0.2, 0.25) is 0 Å². The summed E-state index contributed by atoms with van der Waals surface area (Å²) in [7, 11) is 0. The minimum absolute atomic E-state index is 0.194. The second-order valence-corrected chi connectivity index (χ2v) is 5.07. The summed E-state index contributed by atoms with van der Waals surface area (Å²) in [4.78, 5) is 0. The van der Waals surface area contributed by atoms with Crippen LogP contribution < -0.4 is 5.32 Å². The van der Waals surface area contributed by atoms with Gasteiger partial charge in [0.1, 0.15) is 0 Å². The van der Waals surface area contributed by atoms with Crippen molar-refractivity contribution in [1.82, 2.24) is 5.32 Å². The molecule has 3 nitrogen and oxygen atoms in total. The van der Waals surface area contributed by atoms with Crippen molar-refractivity contribution in [3.8, 4) is 0 Å². The Bertz CT molecular complexity index is 221. The number of ether oxygens (including phenoxy) is 1. The Hall–Kier alpha value is -0.120. The predicted octanol–water partition coefficient (Wildman–Crippen LogP) is 0.524. The molecule has 1 unspecified atom stereocenters. The quantitative estimate of drug-likeness (QED) is 0.678. The van der Waals surface area contributed by atoms with Gasteiger partial charge in [0.05, 0.1) is 25.4 Å². The highest BCUT2D eigenvalue weighted by Crippen LogP contribution is 2.49. The number of aliphatic hydroxyl groups excluding tert-OH is 1. The highest BCUT2D eigenvalue weighted by molar-refractivity contribution is 5.00. The van der Waals surface area contributed by atoms with Gasteiger partial charge in [-0.1, -0.05) is 12.8 Å². The van der Waals surface area contributed by atoms with Crippen LogP contribution in [0.25, 0.3) is 0 Å². The zero-order valence-electron chi connectivity index (χ0n) is 8.48. The van der Waals surface area contributed by atoms with Crippen molar-refractivity contribution in [3.05, 3.63) is 0 Å². The van der Waals surface area contributed by atoms with E-state index in [0.717, 1.165) is 11.8 Å². The van der Waals surface area contributed by atoms with Crippen molar-refractivity contribution in [1.29, 1.82) is 0 Å². The summed E-state index contributed by atoms with van der Waals surface area (Å²) in [6, 6.07) is 0.856. The van der Waals surface area contributed by atoms with Gasteiger partial charge in [-0.2, -0.15) is 0 Å². The topological polar surface area (TPSA) is 41.5 Å². The van der Waals surface area contributed by atoms with Crippen molar-refractivity contribution in [2.24, 2.45) is 11.8 Å². The molecule has 3 heteroatoms. The van der Waals surface area contributed by atoms with Gasteiger partial charge in [-0.15, -0.1) is 0 Å². The van der Waals surface area contributed by atoms with Crippen LogP contribution in [0.5, 0.6) is 0 Å². The molecule has 0 amide bonds. The van der Waals surface area contributed by atoms with Crippen molar-refractivity contribution in [2.75, 3.05) is 13.2 Å². The summed E-state index contributed by atoms with van der Waals surface area (Å²) in [6.45, 7) is 1.20. The minimum Gasteiger partial charge on any atom is -0.389 e. The average molecular weight is 197 g/mol. The summed E-state index contributed by atoms with van der Waals surface area (Å²) in [5.41, 5.74) is 0.